The van der Waals surface area contributed by atoms with E-state index in [-0.39, 0.29) is 0 Å². The van der Waals surface area contributed by atoms with E-state index in [9.17, 15) is 0 Å². The minimum atomic E-state index is 0.737. The first-order chi connectivity index (χ1) is 6.38. The molecule has 0 aliphatic carbocycles. The third kappa shape index (κ3) is 2.18. The molecule has 0 spiro atoms. The van der Waals surface area contributed by atoms with Gasteiger partial charge in [-0.3, -0.25) is 14.9 Å². The molecule has 3 heteroatoms. The monoisotopic (exact) mass is 180 g/mol. The maximum Gasteiger partial charge on any atom is 0.0849 e. The molecule has 13 heavy (non-hydrogen) atoms. The molecule has 1 aromatic rings. The van der Waals surface area contributed by atoms with Crippen LogP contribution in [0.4, 0.5) is 5.69 Å². The van der Waals surface area contributed by atoms with Gasteiger partial charge in [0.15, 0.2) is 0 Å². The third-order valence-corrected chi connectivity index (χ3v) is 1.83. The van der Waals surface area contributed by atoms with Crippen molar-refractivity contribution in [3.8, 4) is 0 Å². The van der Waals surface area contributed by atoms with Crippen molar-refractivity contribution in [2.24, 2.45) is 0 Å². The van der Waals surface area contributed by atoms with Crippen molar-refractivity contribution in [1.29, 1.82) is 0 Å². The zero-order valence-corrected chi connectivity index (χ0v) is 8.45. The molecule has 0 amide bonds. The Morgan fingerprint density at radius 1 is 1.46 bits per heavy atom. The van der Waals surface area contributed by atoms with Crippen LogP contribution in [0.5, 0.6) is 0 Å². The van der Waals surface area contributed by atoms with Gasteiger partial charge in [-0.25, -0.2) is 0 Å². The molecule has 0 N–H and O–H groups in total. The molecule has 2 heterocycles. The zero-order valence-electron chi connectivity index (χ0n) is 8.45. The largest absolute Gasteiger partial charge is 0.273 e. The Hall–Kier alpha value is -1.09. The van der Waals surface area contributed by atoms with E-state index >= 15 is 0 Å². The number of anilines is 1. The average molecular weight is 180 g/mol. The highest BCUT2D eigenvalue weighted by Crippen LogP contribution is 2.21. The van der Waals surface area contributed by atoms with Gasteiger partial charge in [0.25, 0.3) is 0 Å². The van der Waals surface area contributed by atoms with E-state index in [2.05, 4.69) is 4.98 Å². The van der Waals surface area contributed by atoms with Crippen LogP contribution in [0.1, 0.15) is 19.5 Å². The van der Waals surface area contributed by atoms with Crippen molar-refractivity contribution in [3.63, 3.8) is 0 Å². The molecular weight excluding hydrogens is 164 g/mol. The number of nitrogens with zero attached hydrogens (tertiary/aromatic N) is 2. The maximum absolute atomic E-state index is 5.30. The fourth-order valence-corrected chi connectivity index (χ4v) is 1.26. The number of rotatable bonds is 0. The Balaban J connectivity index is 0.000000396. The minimum Gasteiger partial charge on any atom is -0.273 e. The van der Waals surface area contributed by atoms with Crippen LogP contribution in [0.15, 0.2) is 18.3 Å². The Labute approximate surface area is 79.3 Å². The first-order valence-electron chi connectivity index (χ1n) is 4.68. The lowest BCUT2D eigenvalue weighted by Gasteiger charge is -2.25. The highest BCUT2D eigenvalue weighted by Gasteiger charge is 2.13. The Kier molecular flexibility index (Phi) is 3.71. The van der Waals surface area contributed by atoms with Crippen LogP contribution in [0.25, 0.3) is 0 Å². The van der Waals surface area contributed by atoms with E-state index < -0.39 is 0 Å². The molecule has 1 aliphatic heterocycles. The van der Waals surface area contributed by atoms with Gasteiger partial charge in [-0.2, -0.15) is 0 Å². The molecule has 0 unspecified atom stereocenters. The second kappa shape index (κ2) is 4.82. The number of aromatic nitrogens is 1. The molecule has 0 bridgehead atoms. The number of hydrogen-bond donors (Lipinski definition) is 0. The van der Waals surface area contributed by atoms with Crippen LogP contribution in [0, 0.1) is 0 Å². The lowest BCUT2D eigenvalue weighted by molar-refractivity contribution is 0.113. The lowest BCUT2D eigenvalue weighted by atomic mass is 10.2. The smallest absolute Gasteiger partial charge is 0.0849 e. The molecule has 0 aromatic carbocycles. The second-order valence-corrected chi connectivity index (χ2v) is 2.55. The van der Waals surface area contributed by atoms with E-state index in [1.165, 1.54) is 0 Å². The molecular formula is C10H16N2O. The summed E-state index contributed by atoms with van der Waals surface area (Å²) in [4.78, 5) is 9.55. The van der Waals surface area contributed by atoms with E-state index in [4.69, 9.17) is 4.84 Å². The first kappa shape index (κ1) is 9.99. The summed E-state index contributed by atoms with van der Waals surface area (Å²) in [5.41, 5.74) is 2.21. The van der Waals surface area contributed by atoms with E-state index in [0.29, 0.717) is 0 Å². The third-order valence-electron chi connectivity index (χ3n) is 1.83. The molecule has 72 valence electrons. The van der Waals surface area contributed by atoms with Crippen molar-refractivity contribution in [2.45, 2.75) is 20.3 Å². The maximum atomic E-state index is 5.30. The molecule has 0 atom stereocenters. The van der Waals surface area contributed by atoms with Gasteiger partial charge in [-0.1, -0.05) is 13.8 Å². The van der Waals surface area contributed by atoms with Gasteiger partial charge in [0.05, 0.1) is 18.0 Å². The minimum absolute atomic E-state index is 0.737. The highest BCUT2D eigenvalue weighted by molar-refractivity contribution is 5.48. The summed E-state index contributed by atoms with van der Waals surface area (Å²) in [6.45, 7) is 4.74. The number of fused-ring (bicyclic) bond motifs is 1. The summed E-state index contributed by atoms with van der Waals surface area (Å²) in [6.07, 6.45) is 2.73. The van der Waals surface area contributed by atoms with Gasteiger partial charge < -0.3 is 0 Å². The first-order valence-corrected chi connectivity index (χ1v) is 4.68. The Bertz CT molecular complexity index is 263. The van der Waals surface area contributed by atoms with Gasteiger partial charge in [-0.15, -0.1) is 0 Å². The van der Waals surface area contributed by atoms with Crippen molar-refractivity contribution in [3.05, 3.63) is 24.0 Å². The van der Waals surface area contributed by atoms with Gasteiger partial charge in [0, 0.05) is 19.7 Å². The van der Waals surface area contributed by atoms with Crippen molar-refractivity contribution in [2.75, 3.05) is 18.7 Å². The normalized spacial score (nSPS) is 14.2. The van der Waals surface area contributed by atoms with E-state index in [0.717, 1.165) is 24.4 Å². The molecule has 3 nitrogen and oxygen atoms in total. The van der Waals surface area contributed by atoms with Crippen molar-refractivity contribution >= 4 is 5.69 Å². The summed E-state index contributed by atoms with van der Waals surface area (Å²) in [7, 11) is 1.90. The van der Waals surface area contributed by atoms with Gasteiger partial charge in [0.1, 0.15) is 0 Å². The molecule has 0 radical (unpaired) electrons. The van der Waals surface area contributed by atoms with Gasteiger partial charge >= 0.3 is 0 Å². The Morgan fingerprint density at radius 3 is 2.92 bits per heavy atom. The summed E-state index contributed by atoms with van der Waals surface area (Å²) in [6, 6.07) is 3.94. The predicted molar refractivity (Wildman–Crippen MR) is 53.6 cm³/mol. The topological polar surface area (TPSA) is 25.4 Å². The number of hydrogen-bond acceptors (Lipinski definition) is 3. The molecule has 1 aliphatic rings. The standard InChI is InChI=1S/C8H10N2O.C2H6/c1-10-8-3-2-5-9-7(8)4-6-11-10;1-2/h2-3,5H,4,6H2,1H3;1-2H3. The molecule has 0 saturated heterocycles. The van der Waals surface area contributed by atoms with Crippen LogP contribution < -0.4 is 5.06 Å². The van der Waals surface area contributed by atoms with Crippen LogP contribution in [0.3, 0.4) is 0 Å². The highest BCUT2D eigenvalue weighted by atomic mass is 16.7. The zero-order chi connectivity index (χ0) is 9.68. The van der Waals surface area contributed by atoms with Gasteiger partial charge in [0.2, 0.25) is 0 Å². The van der Waals surface area contributed by atoms with Crippen LogP contribution in [0.2, 0.25) is 0 Å². The summed E-state index contributed by atoms with van der Waals surface area (Å²) in [5, 5.41) is 1.77. The van der Waals surface area contributed by atoms with Crippen molar-refractivity contribution < 1.29 is 4.84 Å². The molecule has 0 fully saturated rings. The quantitative estimate of drug-likeness (QED) is 0.611. The summed E-state index contributed by atoms with van der Waals surface area (Å²) >= 11 is 0. The Morgan fingerprint density at radius 2 is 2.23 bits per heavy atom. The summed E-state index contributed by atoms with van der Waals surface area (Å²) in [5.74, 6) is 0. The van der Waals surface area contributed by atoms with E-state index in [1.807, 2.05) is 39.2 Å². The van der Waals surface area contributed by atoms with Crippen molar-refractivity contribution in [1.82, 2.24) is 4.98 Å². The fraction of sp³-hybridized carbons (Fsp3) is 0.500. The predicted octanol–water partition coefficient (Wildman–Crippen LogP) is 2.03. The second-order valence-electron chi connectivity index (χ2n) is 2.55. The van der Waals surface area contributed by atoms with Gasteiger partial charge in [-0.05, 0) is 12.1 Å². The van der Waals surface area contributed by atoms with Crippen LogP contribution >= 0.6 is 0 Å². The van der Waals surface area contributed by atoms with Crippen LogP contribution in [-0.2, 0) is 11.3 Å². The van der Waals surface area contributed by atoms with E-state index in [1.54, 1.807) is 5.06 Å². The molecule has 0 saturated carbocycles. The number of hydroxylamine groups is 1. The molecule has 2 rings (SSSR count). The SMILES string of the molecule is CC.CN1OCCc2ncccc21. The lowest BCUT2D eigenvalue weighted by Crippen LogP contribution is -2.26. The average Bonchev–Trinajstić information content (AvgIpc) is 2.22. The summed E-state index contributed by atoms with van der Waals surface area (Å²) < 4.78 is 0. The number of pyridine rings is 1. The molecule has 1 aromatic heterocycles. The van der Waals surface area contributed by atoms with Crippen LogP contribution in [-0.4, -0.2) is 18.6 Å². The fourth-order valence-electron chi connectivity index (χ4n) is 1.26.